The number of aryl methyl sites for hydroxylation is 1. The second kappa shape index (κ2) is 4.35. The fraction of sp³-hybridized carbons (Fsp3) is 0.538. The normalized spacial score (nSPS) is 23.4. The van der Waals surface area contributed by atoms with Crippen LogP contribution in [-0.4, -0.2) is 26.6 Å². The Bertz CT molecular complexity index is 450. The summed E-state index contributed by atoms with van der Waals surface area (Å²) in [5.74, 6) is -0.00477. The maximum Gasteiger partial charge on any atom is 0.246 e. The molecular weight excluding hydrogens is 214 g/mol. The molecule has 0 fully saturated rings. The van der Waals surface area contributed by atoms with E-state index in [2.05, 4.69) is 43.2 Å². The van der Waals surface area contributed by atoms with Crippen molar-refractivity contribution >= 4 is 5.91 Å². The molecule has 0 N–H and O–H groups in total. The molecule has 1 aromatic heterocycles. The molecule has 92 valence electrons. The van der Waals surface area contributed by atoms with Gasteiger partial charge in [-0.3, -0.25) is 9.48 Å². The highest BCUT2D eigenvalue weighted by Gasteiger charge is 2.32. The van der Waals surface area contributed by atoms with E-state index in [0.717, 1.165) is 17.8 Å². The van der Waals surface area contributed by atoms with E-state index in [9.17, 15) is 4.79 Å². The molecule has 2 heterocycles. The third kappa shape index (κ3) is 1.88. The SMILES string of the molecule is C=CC(=O)N1Cc2cc(CC)nn2C(C)C1C. The Morgan fingerprint density at radius 3 is 2.88 bits per heavy atom. The van der Waals surface area contributed by atoms with E-state index in [-0.39, 0.29) is 18.0 Å². The number of hydrogen-bond donors (Lipinski definition) is 0. The lowest BCUT2D eigenvalue weighted by molar-refractivity contribution is -0.130. The number of carbonyl (C=O) groups excluding carboxylic acids is 1. The lowest BCUT2D eigenvalue weighted by atomic mass is 10.1. The van der Waals surface area contributed by atoms with E-state index in [1.54, 1.807) is 0 Å². The van der Waals surface area contributed by atoms with Crippen LogP contribution in [0.3, 0.4) is 0 Å². The molecule has 2 unspecified atom stereocenters. The monoisotopic (exact) mass is 233 g/mol. The fourth-order valence-corrected chi connectivity index (χ4v) is 2.31. The van der Waals surface area contributed by atoms with Gasteiger partial charge in [-0.05, 0) is 32.4 Å². The first-order valence-electron chi connectivity index (χ1n) is 6.08. The van der Waals surface area contributed by atoms with Crippen LogP contribution in [-0.2, 0) is 17.8 Å². The van der Waals surface area contributed by atoms with Crippen LogP contribution in [0.25, 0.3) is 0 Å². The Balaban J connectivity index is 2.36. The third-order valence-electron chi connectivity index (χ3n) is 3.59. The van der Waals surface area contributed by atoms with E-state index < -0.39 is 0 Å². The summed E-state index contributed by atoms with van der Waals surface area (Å²) in [6.45, 7) is 10.4. The molecule has 0 radical (unpaired) electrons. The van der Waals surface area contributed by atoms with Crippen molar-refractivity contribution in [3.05, 3.63) is 30.1 Å². The molecule has 0 spiro atoms. The molecule has 0 bridgehead atoms. The Morgan fingerprint density at radius 2 is 2.29 bits per heavy atom. The van der Waals surface area contributed by atoms with Crippen molar-refractivity contribution in [1.29, 1.82) is 0 Å². The van der Waals surface area contributed by atoms with Crippen LogP contribution in [0.1, 0.15) is 38.2 Å². The van der Waals surface area contributed by atoms with Gasteiger partial charge in [-0.2, -0.15) is 5.10 Å². The molecule has 0 aliphatic carbocycles. The maximum atomic E-state index is 11.8. The van der Waals surface area contributed by atoms with Crippen molar-refractivity contribution in [1.82, 2.24) is 14.7 Å². The predicted octanol–water partition coefficient (Wildman–Crippen LogP) is 1.92. The minimum atomic E-state index is -0.00477. The molecule has 1 aliphatic heterocycles. The molecule has 1 aliphatic rings. The summed E-state index contributed by atoms with van der Waals surface area (Å²) in [6.07, 6.45) is 2.31. The lowest BCUT2D eigenvalue weighted by Gasteiger charge is -2.37. The van der Waals surface area contributed by atoms with Gasteiger partial charge in [0.05, 0.1) is 30.0 Å². The summed E-state index contributed by atoms with van der Waals surface area (Å²) in [5, 5.41) is 4.57. The van der Waals surface area contributed by atoms with Gasteiger partial charge in [-0.15, -0.1) is 0 Å². The number of rotatable bonds is 2. The van der Waals surface area contributed by atoms with Crippen molar-refractivity contribution in [2.75, 3.05) is 0 Å². The quantitative estimate of drug-likeness (QED) is 0.732. The average Bonchev–Trinajstić information content (AvgIpc) is 2.76. The van der Waals surface area contributed by atoms with Crippen molar-refractivity contribution in [3.8, 4) is 0 Å². The summed E-state index contributed by atoms with van der Waals surface area (Å²) < 4.78 is 2.05. The highest BCUT2D eigenvalue weighted by Crippen LogP contribution is 2.27. The van der Waals surface area contributed by atoms with Gasteiger partial charge >= 0.3 is 0 Å². The summed E-state index contributed by atoms with van der Waals surface area (Å²) >= 11 is 0. The second-order valence-electron chi connectivity index (χ2n) is 4.58. The molecule has 0 saturated carbocycles. The van der Waals surface area contributed by atoms with Crippen LogP contribution < -0.4 is 0 Å². The molecule has 1 aromatic rings. The maximum absolute atomic E-state index is 11.8. The van der Waals surface area contributed by atoms with E-state index in [1.807, 2.05) is 4.90 Å². The van der Waals surface area contributed by atoms with Crippen molar-refractivity contribution < 1.29 is 4.79 Å². The van der Waals surface area contributed by atoms with E-state index in [4.69, 9.17) is 0 Å². The summed E-state index contributed by atoms with van der Waals surface area (Å²) in [6, 6.07) is 2.45. The van der Waals surface area contributed by atoms with E-state index in [0.29, 0.717) is 6.54 Å². The van der Waals surface area contributed by atoms with Crippen LogP contribution in [0.4, 0.5) is 0 Å². The highest BCUT2D eigenvalue weighted by atomic mass is 16.2. The van der Waals surface area contributed by atoms with Crippen LogP contribution >= 0.6 is 0 Å². The molecule has 4 nitrogen and oxygen atoms in total. The largest absolute Gasteiger partial charge is 0.328 e. The molecular formula is C13H19N3O. The molecule has 1 amide bonds. The molecule has 17 heavy (non-hydrogen) atoms. The molecule has 2 rings (SSSR count). The van der Waals surface area contributed by atoms with Gasteiger partial charge in [0.15, 0.2) is 0 Å². The van der Waals surface area contributed by atoms with Crippen molar-refractivity contribution in [3.63, 3.8) is 0 Å². The zero-order valence-corrected chi connectivity index (χ0v) is 10.7. The molecule has 0 aromatic carbocycles. The average molecular weight is 233 g/mol. The van der Waals surface area contributed by atoms with E-state index >= 15 is 0 Å². The van der Waals surface area contributed by atoms with Gasteiger partial charge in [0.25, 0.3) is 0 Å². The zero-order chi connectivity index (χ0) is 12.6. The Hall–Kier alpha value is -1.58. The number of nitrogens with zero attached hydrogens (tertiary/aromatic N) is 3. The first-order valence-corrected chi connectivity index (χ1v) is 6.08. The first kappa shape index (κ1) is 11.9. The minimum Gasteiger partial charge on any atom is -0.328 e. The van der Waals surface area contributed by atoms with Crippen LogP contribution in [0.15, 0.2) is 18.7 Å². The van der Waals surface area contributed by atoms with Gasteiger partial charge in [-0.1, -0.05) is 13.5 Å². The molecule has 4 heteroatoms. The number of carbonyl (C=O) groups is 1. The predicted molar refractivity (Wildman–Crippen MR) is 66.5 cm³/mol. The fourth-order valence-electron chi connectivity index (χ4n) is 2.31. The second-order valence-corrected chi connectivity index (χ2v) is 4.58. The molecule has 2 atom stereocenters. The van der Waals surface area contributed by atoms with Crippen LogP contribution in [0.2, 0.25) is 0 Å². The van der Waals surface area contributed by atoms with Gasteiger partial charge < -0.3 is 4.90 Å². The van der Waals surface area contributed by atoms with Gasteiger partial charge in [0.1, 0.15) is 0 Å². The molecule has 0 saturated heterocycles. The Labute approximate surface area is 102 Å². The minimum absolute atomic E-state index is 0.00477. The number of aromatic nitrogens is 2. The summed E-state index contributed by atoms with van der Waals surface area (Å²) in [4.78, 5) is 13.6. The van der Waals surface area contributed by atoms with Gasteiger partial charge in [-0.25, -0.2) is 0 Å². The number of hydrogen-bond acceptors (Lipinski definition) is 2. The van der Waals surface area contributed by atoms with Crippen LogP contribution in [0.5, 0.6) is 0 Å². The van der Waals surface area contributed by atoms with E-state index in [1.165, 1.54) is 6.08 Å². The topological polar surface area (TPSA) is 38.1 Å². The summed E-state index contributed by atoms with van der Waals surface area (Å²) in [7, 11) is 0. The smallest absolute Gasteiger partial charge is 0.246 e. The van der Waals surface area contributed by atoms with Gasteiger partial charge in [0.2, 0.25) is 5.91 Å². The van der Waals surface area contributed by atoms with Crippen molar-refractivity contribution in [2.45, 2.75) is 45.8 Å². The van der Waals surface area contributed by atoms with Gasteiger partial charge in [0, 0.05) is 0 Å². The summed E-state index contributed by atoms with van der Waals surface area (Å²) in [5.41, 5.74) is 2.20. The third-order valence-corrected chi connectivity index (χ3v) is 3.59. The standard InChI is InChI=1S/C13H19N3O/c1-5-11-7-12-8-15(13(17)6-2)9(3)10(4)16(12)14-11/h6-7,9-10H,2,5,8H2,1,3-4H3. The van der Waals surface area contributed by atoms with Crippen molar-refractivity contribution in [2.24, 2.45) is 0 Å². The first-order chi connectivity index (χ1) is 8.08. The zero-order valence-electron chi connectivity index (χ0n) is 10.7. The Morgan fingerprint density at radius 1 is 1.59 bits per heavy atom. The number of fused-ring (bicyclic) bond motifs is 1. The highest BCUT2D eigenvalue weighted by molar-refractivity contribution is 5.87. The number of amides is 1. The lowest BCUT2D eigenvalue weighted by Crippen LogP contribution is -2.46. The Kier molecular flexibility index (Phi) is 3.05. The van der Waals surface area contributed by atoms with Crippen LogP contribution in [0, 0.1) is 0 Å².